The molecule has 3 heteroatoms. The van der Waals surface area contributed by atoms with Gasteiger partial charge in [0.15, 0.2) is 0 Å². The molecular weight excluding hydrogens is 569 g/mol. The van der Waals surface area contributed by atoms with Gasteiger partial charge < -0.3 is 9.47 Å². The van der Waals surface area contributed by atoms with Crippen molar-refractivity contribution < 1.29 is 9.47 Å². The summed E-state index contributed by atoms with van der Waals surface area (Å²) in [5.41, 5.74) is 4.67. The number of unbranched alkanes of at least 4 members (excludes halogenated alkanes) is 18. The first-order valence-electron chi connectivity index (χ1n) is 18.5. The van der Waals surface area contributed by atoms with E-state index in [1.807, 2.05) is 0 Å². The lowest BCUT2D eigenvalue weighted by molar-refractivity contribution is 0.304. The fourth-order valence-corrected chi connectivity index (χ4v) is 6.43. The van der Waals surface area contributed by atoms with Crippen LogP contribution in [-0.4, -0.2) is 13.2 Å². The third kappa shape index (κ3) is 15.2. The van der Waals surface area contributed by atoms with E-state index in [9.17, 15) is 0 Å². The summed E-state index contributed by atoms with van der Waals surface area (Å²) < 4.78 is 12.1. The van der Waals surface area contributed by atoms with Crippen molar-refractivity contribution in [1.29, 1.82) is 0 Å². The van der Waals surface area contributed by atoms with Crippen LogP contribution < -0.4 is 9.47 Å². The Labute approximate surface area is 282 Å². The average molecular weight is 631 g/mol. The Bertz CT molecular complexity index is 1140. The molecule has 0 unspecified atom stereocenters. The summed E-state index contributed by atoms with van der Waals surface area (Å²) >= 11 is 4.85. The maximum atomic E-state index is 6.08. The van der Waals surface area contributed by atoms with Crippen LogP contribution in [0.25, 0.3) is 22.3 Å². The van der Waals surface area contributed by atoms with Gasteiger partial charge in [0.05, 0.1) is 13.2 Å². The van der Waals surface area contributed by atoms with E-state index in [1.54, 1.807) is 0 Å². The van der Waals surface area contributed by atoms with E-state index in [1.165, 1.54) is 127 Å². The van der Waals surface area contributed by atoms with Crippen LogP contribution in [0.2, 0.25) is 0 Å². The minimum atomic E-state index is 0.790. The first kappa shape index (κ1) is 37.1. The van der Waals surface area contributed by atoms with Crippen molar-refractivity contribution in [3.8, 4) is 33.8 Å². The smallest absolute Gasteiger partial charge is 0.119 e. The first-order valence-corrected chi connectivity index (χ1v) is 19.0. The number of hydrogen-bond donors (Lipinski definition) is 1. The predicted molar refractivity (Wildman–Crippen MR) is 199 cm³/mol. The van der Waals surface area contributed by atoms with Crippen molar-refractivity contribution in [2.24, 2.45) is 0 Å². The lowest BCUT2D eigenvalue weighted by atomic mass is 9.94. The van der Waals surface area contributed by atoms with Gasteiger partial charge in [-0.3, -0.25) is 0 Å². The molecule has 0 fully saturated rings. The van der Waals surface area contributed by atoms with Gasteiger partial charge in [0, 0.05) is 10.5 Å². The number of benzene rings is 3. The molecule has 0 saturated carbocycles. The molecule has 0 bridgehead atoms. The van der Waals surface area contributed by atoms with Crippen molar-refractivity contribution in [2.75, 3.05) is 13.2 Å². The normalized spacial score (nSPS) is 11.2. The third-order valence-electron chi connectivity index (χ3n) is 8.88. The lowest BCUT2D eigenvalue weighted by Crippen LogP contribution is -1.97. The number of thiol groups is 1. The minimum absolute atomic E-state index is 0.790. The molecule has 0 atom stereocenters. The molecule has 3 rings (SSSR count). The van der Waals surface area contributed by atoms with E-state index >= 15 is 0 Å². The highest BCUT2D eigenvalue weighted by Crippen LogP contribution is 2.38. The van der Waals surface area contributed by atoms with E-state index in [-0.39, 0.29) is 0 Å². The zero-order valence-corrected chi connectivity index (χ0v) is 29.6. The van der Waals surface area contributed by atoms with E-state index in [2.05, 4.69) is 80.6 Å². The zero-order chi connectivity index (χ0) is 31.8. The lowest BCUT2D eigenvalue weighted by Gasteiger charge is -2.14. The van der Waals surface area contributed by atoms with Crippen LogP contribution in [0.15, 0.2) is 71.6 Å². The Balaban J connectivity index is 1.39. The Morgan fingerprint density at radius 1 is 0.422 bits per heavy atom. The minimum Gasteiger partial charge on any atom is -0.494 e. The van der Waals surface area contributed by atoms with Gasteiger partial charge in [-0.1, -0.05) is 166 Å². The maximum absolute atomic E-state index is 6.08. The molecule has 0 amide bonds. The second-order valence-electron chi connectivity index (χ2n) is 12.8. The largest absolute Gasteiger partial charge is 0.494 e. The Kier molecular flexibility index (Phi) is 19.7. The fraction of sp³-hybridized carbons (Fsp3) is 0.571. The van der Waals surface area contributed by atoms with Crippen LogP contribution in [-0.2, 0) is 0 Å². The summed E-state index contributed by atoms with van der Waals surface area (Å²) in [5.74, 6) is 1.89. The highest BCUT2D eigenvalue weighted by Gasteiger charge is 2.11. The number of ether oxygens (including phenoxy) is 2. The van der Waals surface area contributed by atoms with Crippen LogP contribution >= 0.6 is 12.6 Å². The molecule has 248 valence electrons. The summed E-state index contributed by atoms with van der Waals surface area (Å²) in [4.78, 5) is 0.979. The quantitative estimate of drug-likeness (QED) is 0.0702. The summed E-state index contributed by atoms with van der Waals surface area (Å²) in [7, 11) is 0. The van der Waals surface area contributed by atoms with E-state index in [4.69, 9.17) is 22.1 Å². The maximum Gasteiger partial charge on any atom is 0.119 e. The first-order chi connectivity index (χ1) is 22.2. The molecule has 0 aromatic heterocycles. The molecule has 0 heterocycles. The van der Waals surface area contributed by atoms with E-state index in [0.717, 1.165) is 53.6 Å². The molecule has 0 aliphatic carbocycles. The van der Waals surface area contributed by atoms with Crippen molar-refractivity contribution >= 4 is 12.6 Å². The predicted octanol–water partition coefficient (Wildman–Crippen LogP) is 13.9. The van der Waals surface area contributed by atoms with Gasteiger partial charge in [-0.2, -0.15) is 0 Å². The molecular formula is C42H62O2S. The highest BCUT2D eigenvalue weighted by atomic mass is 32.1. The van der Waals surface area contributed by atoms with E-state index < -0.39 is 0 Å². The summed E-state index contributed by atoms with van der Waals surface area (Å²) in [6.07, 6.45) is 26.8. The van der Waals surface area contributed by atoms with Gasteiger partial charge in [-0.05, 0) is 59.9 Å². The molecule has 2 nitrogen and oxygen atoms in total. The third-order valence-corrected chi connectivity index (χ3v) is 9.26. The zero-order valence-electron chi connectivity index (χ0n) is 28.7. The van der Waals surface area contributed by atoms with Crippen LogP contribution in [0.4, 0.5) is 0 Å². The van der Waals surface area contributed by atoms with Gasteiger partial charge in [0.1, 0.15) is 11.5 Å². The van der Waals surface area contributed by atoms with Gasteiger partial charge in [0.2, 0.25) is 0 Å². The molecule has 45 heavy (non-hydrogen) atoms. The van der Waals surface area contributed by atoms with Gasteiger partial charge in [-0.25, -0.2) is 0 Å². The van der Waals surface area contributed by atoms with Crippen molar-refractivity contribution in [3.63, 3.8) is 0 Å². The molecule has 3 aromatic carbocycles. The van der Waals surface area contributed by atoms with Gasteiger partial charge in [0.25, 0.3) is 0 Å². The molecule has 0 saturated heterocycles. The SMILES string of the molecule is CCCCCCCCCCCCOc1ccc(-c2cccc(S)c2-c2ccc(OCCCCCCCCCCCC)cc2)cc1. The molecule has 0 aliphatic rings. The monoisotopic (exact) mass is 630 g/mol. The summed E-state index contributed by atoms with van der Waals surface area (Å²) in [5, 5.41) is 0. The van der Waals surface area contributed by atoms with Crippen LogP contribution in [0, 0.1) is 0 Å². The standard InChI is InChI=1S/C42H62O2S/c1-3-5-7-9-11-13-15-17-19-21-34-43-38-30-26-36(27-31-38)40-24-23-25-41(45)42(40)37-28-32-39(33-29-37)44-35-22-20-18-16-14-12-10-8-6-4-2/h23-33,45H,3-22,34-35H2,1-2H3. The molecule has 0 radical (unpaired) electrons. The highest BCUT2D eigenvalue weighted by molar-refractivity contribution is 7.80. The molecule has 3 aromatic rings. The van der Waals surface area contributed by atoms with Crippen molar-refractivity contribution in [3.05, 3.63) is 66.7 Å². The van der Waals surface area contributed by atoms with Crippen LogP contribution in [0.1, 0.15) is 142 Å². The fourth-order valence-electron chi connectivity index (χ4n) is 6.09. The molecule has 0 N–H and O–H groups in total. The number of rotatable bonds is 26. The van der Waals surface area contributed by atoms with Gasteiger partial charge >= 0.3 is 0 Å². The molecule has 0 spiro atoms. The average Bonchev–Trinajstić information content (AvgIpc) is 3.06. The summed E-state index contributed by atoms with van der Waals surface area (Å²) in [6.45, 7) is 6.15. The number of hydrogen-bond acceptors (Lipinski definition) is 3. The molecule has 0 aliphatic heterocycles. The van der Waals surface area contributed by atoms with Crippen LogP contribution in [0.3, 0.4) is 0 Å². The van der Waals surface area contributed by atoms with Gasteiger partial charge in [-0.15, -0.1) is 12.6 Å². The Morgan fingerprint density at radius 2 is 0.800 bits per heavy atom. The second-order valence-corrected chi connectivity index (χ2v) is 13.3. The van der Waals surface area contributed by atoms with Crippen molar-refractivity contribution in [2.45, 2.75) is 147 Å². The topological polar surface area (TPSA) is 18.5 Å². The van der Waals surface area contributed by atoms with E-state index in [0.29, 0.717) is 0 Å². The van der Waals surface area contributed by atoms with Crippen molar-refractivity contribution in [1.82, 2.24) is 0 Å². The Morgan fingerprint density at radius 3 is 1.22 bits per heavy atom. The Hall–Kier alpha value is -2.39. The van der Waals surface area contributed by atoms with Crippen LogP contribution in [0.5, 0.6) is 11.5 Å². The second kappa shape index (κ2) is 23.9. The summed E-state index contributed by atoms with van der Waals surface area (Å²) in [6, 6.07) is 23.4.